The van der Waals surface area contributed by atoms with E-state index in [9.17, 15) is 13.6 Å². The van der Waals surface area contributed by atoms with Crippen LogP contribution in [-0.4, -0.2) is 19.7 Å². The second-order valence-corrected chi connectivity index (χ2v) is 3.71. The predicted molar refractivity (Wildman–Crippen MR) is 63.1 cm³/mol. The van der Waals surface area contributed by atoms with Crippen LogP contribution in [0.25, 0.3) is 0 Å². The maximum absolute atomic E-state index is 12.3. The summed E-state index contributed by atoms with van der Waals surface area (Å²) in [5, 5.41) is 8.96. The average Bonchev–Trinajstić information content (AvgIpc) is 2.38. The molecule has 0 fully saturated rings. The molecule has 0 aromatic heterocycles. The van der Waals surface area contributed by atoms with Crippen LogP contribution in [0, 0.1) is 11.3 Å². The number of esters is 1. The van der Waals surface area contributed by atoms with Crippen molar-refractivity contribution in [2.24, 2.45) is 0 Å². The second-order valence-electron chi connectivity index (χ2n) is 3.45. The van der Waals surface area contributed by atoms with E-state index in [0.29, 0.717) is 0 Å². The Balaban J connectivity index is 3.29. The number of methoxy groups -OCH3 is 1. The fraction of sp³-hybridized carbons (Fsp3) is 0.333. The van der Waals surface area contributed by atoms with Gasteiger partial charge in [0.05, 0.1) is 31.0 Å². The van der Waals surface area contributed by atoms with E-state index in [4.69, 9.17) is 16.9 Å². The first kappa shape index (κ1) is 15.2. The molecule has 0 aliphatic heterocycles. The maximum Gasteiger partial charge on any atom is 0.387 e. The number of hydrogen-bond donors (Lipinski definition) is 0. The molecule has 0 aliphatic carbocycles. The highest BCUT2D eigenvalue weighted by Crippen LogP contribution is 2.29. The predicted octanol–water partition coefficient (Wildman–Crippen LogP) is 2.61. The lowest BCUT2D eigenvalue weighted by Crippen LogP contribution is -2.11. The Labute approximate surface area is 113 Å². The number of rotatable bonds is 5. The van der Waals surface area contributed by atoms with Crippen LogP contribution < -0.4 is 4.74 Å². The third-order valence-corrected chi connectivity index (χ3v) is 2.67. The van der Waals surface area contributed by atoms with Gasteiger partial charge in [-0.1, -0.05) is 0 Å². The monoisotopic (exact) mass is 289 g/mol. The summed E-state index contributed by atoms with van der Waals surface area (Å²) in [6, 6.07) is 4.39. The van der Waals surface area contributed by atoms with Crippen molar-refractivity contribution in [3.8, 4) is 11.8 Å². The van der Waals surface area contributed by atoms with Crippen molar-refractivity contribution in [2.45, 2.75) is 18.9 Å². The Morgan fingerprint density at radius 2 is 2.16 bits per heavy atom. The van der Waals surface area contributed by atoms with Gasteiger partial charge in [0.25, 0.3) is 0 Å². The molecule has 0 radical (unpaired) electrons. The summed E-state index contributed by atoms with van der Waals surface area (Å²) in [7, 11) is 1.19. The van der Waals surface area contributed by atoms with E-state index in [0.717, 1.165) is 0 Å². The highest BCUT2D eigenvalue weighted by Gasteiger charge is 2.18. The van der Waals surface area contributed by atoms with Gasteiger partial charge < -0.3 is 9.47 Å². The van der Waals surface area contributed by atoms with E-state index in [1.165, 1.54) is 19.2 Å². The van der Waals surface area contributed by atoms with Gasteiger partial charge in [0.1, 0.15) is 5.75 Å². The lowest BCUT2D eigenvalue weighted by Gasteiger charge is -2.14. The van der Waals surface area contributed by atoms with E-state index in [-0.39, 0.29) is 34.7 Å². The van der Waals surface area contributed by atoms with Crippen LogP contribution >= 0.6 is 11.6 Å². The van der Waals surface area contributed by atoms with Crippen LogP contribution in [0.5, 0.6) is 5.75 Å². The molecule has 0 aliphatic rings. The number of carbonyl (C=O) groups excluding carboxylic acids is 1. The Hall–Kier alpha value is -1.87. The van der Waals surface area contributed by atoms with Gasteiger partial charge >= 0.3 is 12.6 Å². The summed E-state index contributed by atoms with van der Waals surface area (Å²) in [5.74, 6) is -0.913. The molecule has 102 valence electrons. The molecule has 1 aromatic rings. The standard InChI is InChI=1S/C12H10ClF2NO3/c1-18-11(17)4-8-7(6-16)2-3-10(9(8)5-13)19-12(14)15/h2-3,12H,4-5H2,1H3. The smallest absolute Gasteiger partial charge is 0.387 e. The van der Waals surface area contributed by atoms with Gasteiger partial charge in [0.2, 0.25) is 0 Å². The first-order valence-corrected chi connectivity index (χ1v) is 5.69. The van der Waals surface area contributed by atoms with Crippen LogP contribution in [-0.2, 0) is 21.8 Å². The molecule has 0 amide bonds. The zero-order valence-corrected chi connectivity index (χ0v) is 10.7. The van der Waals surface area contributed by atoms with Crippen LogP contribution in [0.2, 0.25) is 0 Å². The third kappa shape index (κ3) is 3.80. The van der Waals surface area contributed by atoms with Gasteiger partial charge in [0.15, 0.2) is 0 Å². The SMILES string of the molecule is COC(=O)Cc1c(C#N)ccc(OC(F)F)c1CCl. The Bertz CT molecular complexity index is 514. The molecule has 19 heavy (non-hydrogen) atoms. The fourth-order valence-corrected chi connectivity index (χ4v) is 1.84. The molecule has 0 heterocycles. The molecular formula is C12H10ClF2NO3. The number of nitriles is 1. The molecule has 0 N–H and O–H groups in total. The number of halogens is 3. The van der Waals surface area contributed by atoms with Crippen LogP contribution in [0.3, 0.4) is 0 Å². The van der Waals surface area contributed by atoms with Crippen molar-refractivity contribution in [2.75, 3.05) is 7.11 Å². The van der Waals surface area contributed by atoms with E-state index in [1.54, 1.807) is 0 Å². The van der Waals surface area contributed by atoms with Crippen molar-refractivity contribution in [3.05, 3.63) is 28.8 Å². The Morgan fingerprint density at radius 3 is 2.63 bits per heavy atom. The second kappa shape index (κ2) is 6.90. The molecule has 1 rings (SSSR count). The topological polar surface area (TPSA) is 59.3 Å². The number of hydrogen-bond acceptors (Lipinski definition) is 4. The summed E-state index contributed by atoms with van der Waals surface area (Å²) in [6.07, 6.45) is -0.234. The zero-order chi connectivity index (χ0) is 14.4. The van der Waals surface area contributed by atoms with Crippen molar-refractivity contribution in [1.29, 1.82) is 5.26 Å². The molecule has 0 unspecified atom stereocenters. The maximum atomic E-state index is 12.3. The summed E-state index contributed by atoms with van der Waals surface area (Å²) in [5.41, 5.74) is 0.594. The molecule has 0 atom stereocenters. The zero-order valence-electron chi connectivity index (χ0n) is 9.95. The molecule has 0 bridgehead atoms. The van der Waals surface area contributed by atoms with Crippen LogP contribution in [0.1, 0.15) is 16.7 Å². The Morgan fingerprint density at radius 1 is 1.47 bits per heavy atom. The van der Waals surface area contributed by atoms with Crippen molar-refractivity contribution >= 4 is 17.6 Å². The Kier molecular flexibility index (Phi) is 5.52. The average molecular weight is 290 g/mol. The first-order valence-electron chi connectivity index (χ1n) is 5.15. The third-order valence-electron chi connectivity index (χ3n) is 2.41. The largest absolute Gasteiger partial charge is 0.469 e. The molecule has 0 saturated carbocycles. The van der Waals surface area contributed by atoms with Gasteiger partial charge in [-0.05, 0) is 17.7 Å². The highest BCUT2D eigenvalue weighted by atomic mass is 35.5. The minimum Gasteiger partial charge on any atom is -0.469 e. The highest BCUT2D eigenvalue weighted by molar-refractivity contribution is 6.17. The summed E-state index contributed by atoms with van der Waals surface area (Å²) < 4.78 is 33.3. The lowest BCUT2D eigenvalue weighted by molar-refractivity contribution is -0.139. The normalized spacial score (nSPS) is 10.1. The number of alkyl halides is 3. The molecule has 7 heteroatoms. The first-order chi connectivity index (χ1) is 9.03. The van der Waals surface area contributed by atoms with Gasteiger partial charge in [-0.15, -0.1) is 11.6 Å². The number of benzene rings is 1. The van der Waals surface area contributed by atoms with Gasteiger partial charge in [-0.3, -0.25) is 4.79 Å². The van der Waals surface area contributed by atoms with Crippen molar-refractivity contribution < 1.29 is 23.0 Å². The van der Waals surface area contributed by atoms with Crippen molar-refractivity contribution in [3.63, 3.8) is 0 Å². The molecule has 4 nitrogen and oxygen atoms in total. The molecule has 0 spiro atoms. The molecule has 0 saturated heterocycles. The summed E-state index contributed by atoms with van der Waals surface area (Å²) in [6.45, 7) is -3.01. The minimum absolute atomic E-state index is 0.150. The lowest BCUT2D eigenvalue weighted by atomic mass is 9.99. The van der Waals surface area contributed by atoms with Crippen LogP contribution in [0.4, 0.5) is 8.78 Å². The van der Waals surface area contributed by atoms with Gasteiger partial charge in [-0.2, -0.15) is 14.0 Å². The quantitative estimate of drug-likeness (QED) is 0.617. The van der Waals surface area contributed by atoms with Crippen LogP contribution in [0.15, 0.2) is 12.1 Å². The molecular weight excluding hydrogens is 280 g/mol. The molecule has 1 aromatic carbocycles. The van der Waals surface area contributed by atoms with E-state index < -0.39 is 12.6 Å². The van der Waals surface area contributed by atoms with E-state index in [1.807, 2.05) is 6.07 Å². The van der Waals surface area contributed by atoms with Gasteiger partial charge in [-0.25, -0.2) is 0 Å². The summed E-state index contributed by atoms with van der Waals surface area (Å²) in [4.78, 5) is 11.3. The van der Waals surface area contributed by atoms with Crippen molar-refractivity contribution in [1.82, 2.24) is 0 Å². The van der Waals surface area contributed by atoms with E-state index in [2.05, 4.69) is 9.47 Å². The fourth-order valence-electron chi connectivity index (χ4n) is 1.55. The van der Waals surface area contributed by atoms with E-state index >= 15 is 0 Å². The summed E-state index contributed by atoms with van der Waals surface area (Å²) >= 11 is 5.69. The number of carbonyl (C=O) groups is 1. The number of nitrogens with zero attached hydrogens (tertiary/aromatic N) is 1. The number of ether oxygens (including phenoxy) is 2. The minimum atomic E-state index is -3.01. The van der Waals surface area contributed by atoms with Gasteiger partial charge in [0, 0.05) is 5.56 Å².